The number of hydrogen-bond acceptors (Lipinski definition) is 3. The fourth-order valence-corrected chi connectivity index (χ4v) is 4.53. The molecule has 3 rings (SSSR count). The Balaban J connectivity index is 1.54. The lowest BCUT2D eigenvalue weighted by atomic mass is 10.0. The Morgan fingerprint density at radius 2 is 1.72 bits per heavy atom. The van der Waals surface area contributed by atoms with E-state index in [0.29, 0.717) is 12.2 Å². The van der Waals surface area contributed by atoms with Gasteiger partial charge in [0.2, 0.25) is 0 Å². The fourth-order valence-electron chi connectivity index (χ4n) is 4.53. The average Bonchev–Trinajstić information content (AvgIpc) is 2.62. The highest BCUT2D eigenvalue weighted by Gasteiger charge is 2.35. The lowest BCUT2D eigenvalue weighted by Crippen LogP contribution is -3.22. The third-order valence-corrected chi connectivity index (χ3v) is 5.77. The zero-order chi connectivity index (χ0) is 17.8. The van der Waals surface area contributed by atoms with Crippen LogP contribution in [0.2, 0.25) is 0 Å². The standard InChI is InChI=1S/C20H32N2O3/c1-15-12-22(13-16(2)25-15)18-7-9-21(10-8-18)14-17-5-6-19(23-3)11-20(17)24-4/h5-6,11,15-16,18H,7-10,12-14H2,1-4H3/p+2/t15-,16-/m1/s1. The van der Waals surface area contributed by atoms with Gasteiger partial charge in [-0.2, -0.15) is 0 Å². The maximum absolute atomic E-state index is 5.90. The lowest BCUT2D eigenvalue weighted by Gasteiger charge is -2.39. The first-order valence-corrected chi connectivity index (χ1v) is 9.63. The zero-order valence-corrected chi connectivity index (χ0v) is 16.1. The van der Waals surface area contributed by atoms with E-state index in [-0.39, 0.29) is 0 Å². The molecule has 1 aromatic rings. The topological polar surface area (TPSA) is 36.6 Å². The monoisotopic (exact) mass is 350 g/mol. The molecule has 0 unspecified atom stereocenters. The molecule has 2 aliphatic heterocycles. The number of methoxy groups -OCH3 is 2. The summed E-state index contributed by atoms with van der Waals surface area (Å²) >= 11 is 0. The van der Waals surface area contributed by atoms with Crippen molar-refractivity contribution in [3.8, 4) is 11.5 Å². The van der Waals surface area contributed by atoms with Crippen molar-refractivity contribution >= 4 is 0 Å². The van der Waals surface area contributed by atoms with E-state index >= 15 is 0 Å². The van der Waals surface area contributed by atoms with Crippen molar-refractivity contribution in [2.24, 2.45) is 0 Å². The summed E-state index contributed by atoms with van der Waals surface area (Å²) in [5, 5.41) is 0. The highest BCUT2D eigenvalue weighted by atomic mass is 16.5. The van der Waals surface area contributed by atoms with Crippen molar-refractivity contribution < 1.29 is 24.0 Å². The van der Waals surface area contributed by atoms with Gasteiger partial charge in [-0.1, -0.05) is 0 Å². The van der Waals surface area contributed by atoms with Gasteiger partial charge < -0.3 is 24.0 Å². The first-order valence-electron chi connectivity index (χ1n) is 9.63. The number of rotatable bonds is 5. The summed E-state index contributed by atoms with van der Waals surface area (Å²) in [6, 6.07) is 6.97. The van der Waals surface area contributed by atoms with Crippen LogP contribution in [0.3, 0.4) is 0 Å². The van der Waals surface area contributed by atoms with Gasteiger partial charge in [0.15, 0.2) is 0 Å². The van der Waals surface area contributed by atoms with E-state index in [0.717, 1.165) is 37.2 Å². The number of nitrogens with one attached hydrogen (secondary N) is 2. The molecule has 0 amide bonds. The maximum atomic E-state index is 5.90. The molecular formula is C20H34N2O3+2. The van der Waals surface area contributed by atoms with E-state index in [4.69, 9.17) is 14.2 Å². The molecule has 0 spiro atoms. The Kier molecular flexibility index (Phi) is 6.20. The summed E-state index contributed by atoms with van der Waals surface area (Å²) in [5.74, 6) is 1.80. The van der Waals surface area contributed by atoms with Crippen molar-refractivity contribution in [3.05, 3.63) is 23.8 Å². The summed E-state index contributed by atoms with van der Waals surface area (Å²) in [7, 11) is 3.43. The molecule has 0 aliphatic carbocycles. The third-order valence-electron chi connectivity index (χ3n) is 5.77. The van der Waals surface area contributed by atoms with Crippen molar-refractivity contribution in [2.45, 2.75) is 51.5 Å². The minimum absolute atomic E-state index is 0.396. The summed E-state index contributed by atoms with van der Waals surface area (Å²) in [6.45, 7) is 10.3. The van der Waals surface area contributed by atoms with Crippen LogP contribution in [0.15, 0.2) is 18.2 Å². The summed E-state index contributed by atoms with van der Waals surface area (Å²) in [6.07, 6.45) is 3.41. The van der Waals surface area contributed by atoms with E-state index in [9.17, 15) is 0 Å². The third kappa shape index (κ3) is 4.66. The van der Waals surface area contributed by atoms with Crippen LogP contribution >= 0.6 is 0 Å². The second kappa shape index (κ2) is 8.39. The number of morpholine rings is 1. The van der Waals surface area contributed by atoms with Gasteiger partial charge in [0.1, 0.15) is 43.3 Å². The molecule has 0 radical (unpaired) electrons. The molecule has 0 saturated carbocycles. The largest absolute Gasteiger partial charge is 0.497 e. The molecular weight excluding hydrogens is 316 g/mol. The molecule has 25 heavy (non-hydrogen) atoms. The SMILES string of the molecule is COc1ccc(C[NH+]2CCC([NH+]3C[C@@H](C)O[C@H](C)C3)CC2)c(OC)c1. The van der Waals surface area contributed by atoms with Crippen molar-refractivity contribution in [1.29, 1.82) is 0 Å². The highest BCUT2D eigenvalue weighted by molar-refractivity contribution is 5.40. The average molecular weight is 351 g/mol. The molecule has 0 aromatic heterocycles. The van der Waals surface area contributed by atoms with Crippen molar-refractivity contribution in [1.82, 2.24) is 0 Å². The predicted molar refractivity (Wildman–Crippen MR) is 97.7 cm³/mol. The number of ether oxygens (including phenoxy) is 3. The van der Waals surface area contributed by atoms with E-state index in [2.05, 4.69) is 19.9 Å². The Labute approximate surface area is 151 Å². The Morgan fingerprint density at radius 3 is 2.32 bits per heavy atom. The first kappa shape index (κ1) is 18.5. The van der Waals surface area contributed by atoms with Crippen LogP contribution in [0.4, 0.5) is 0 Å². The van der Waals surface area contributed by atoms with E-state index in [1.807, 2.05) is 12.1 Å². The van der Waals surface area contributed by atoms with Crippen LogP contribution in [-0.4, -0.2) is 58.6 Å². The molecule has 2 heterocycles. The molecule has 2 atom stereocenters. The Bertz CT molecular complexity index is 548. The van der Waals surface area contributed by atoms with Gasteiger partial charge in [0.25, 0.3) is 0 Å². The number of piperidine rings is 1. The van der Waals surface area contributed by atoms with Crippen LogP contribution in [0.25, 0.3) is 0 Å². The molecule has 2 N–H and O–H groups in total. The molecule has 2 aliphatic rings. The van der Waals surface area contributed by atoms with Crippen LogP contribution in [-0.2, 0) is 11.3 Å². The number of likely N-dealkylation sites (tertiary alicyclic amines) is 1. The fraction of sp³-hybridized carbons (Fsp3) is 0.700. The van der Waals surface area contributed by atoms with Crippen LogP contribution in [0.5, 0.6) is 11.5 Å². The molecule has 5 nitrogen and oxygen atoms in total. The van der Waals surface area contributed by atoms with Gasteiger partial charge in [0.05, 0.1) is 33.4 Å². The minimum atomic E-state index is 0.396. The van der Waals surface area contributed by atoms with Gasteiger partial charge in [-0.3, -0.25) is 0 Å². The quantitative estimate of drug-likeness (QED) is 0.781. The highest BCUT2D eigenvalue weighted by Crippen LogP contribution is 2.24. The summed E-state index contributed by atoms with van der Waals surface area (Å²) in [5.41, 5.74) is 1.28. The lowest BCUT2D eigenvalue weighted by molar-refractivity contribution is -0.970. The van der Waals surface area contributed by atoms with Crippen molar-refractivity contribution in [2.75, 3.05) is 40.4 Å². The Hall–Kier alpha value is -1.30. The minimum Gasteiger partial charge on any atom is -0.497 e. The second-order valence-corrected chi connectivity index (χ2v) is 7.70. The maximum Gasteiger partial charge on any atom is 0.131 e. The van der Waals surface area contributed by atoms with Crippen molar-refractivity contribution in [3.63, 3.8) is 0 Å². The van der Waals surface area contributed by atoms with Gasteiger partial charge >= 0.3 is 0 Å². The summed E-state index contributed by atoms with van der Waals surface area (Å²) < 4.78 is 16.8. The van der Waals surface area contributed by atoms with Gasteiger partial charge in [0, 0.05) is 24.5 Å². The predicted octanol–water partition coefficient (Wildman–Crippen LogP) is -0.0568. The second-order valence-electron chi connectivity index (χ2n) is 7.70. The number of hydrogen-bond donors (Lipinski definition) is 2. The van der Waals surface area contributed by atoms with E-state index < -0.39 is 0 Å². The summed E-state index contributed by atoms with van der Waals surface area (Å²) in [4.78, 5) is 3.42. The van der Waals surface area contributed by atoms with Crippen LogP contribution in [0.1, 0.15) is 32.3 Å². The van der Waals surface area contributed by atoms with Gasteiger partial charge in [-0.05, 0) is 26.0 Å². The Morgan fingerprint density at radius 1 is 1.04 bits per heavy atom. The molecule has 0 bridgehead atoms. The van der Waals surface area contributed by atoms with Gasteiger partial charge in [-0.25, -0.2) is 0 Å². The van der Waals surface area contributed by atoms with E-state index in [1.54, 1.807) is 24.0 Å². The first-order chi connectivity index (χ1) is 12.1. The number of quaternary nitrogens is 2. The van der Waals surface area contributed by atoms with E-state index in [1.165, 1.54) is 31.5 Å². The van der Waals surface area contributed by atoms with Gasteiger partial charge in [-0.15, -0.1) is 0 Å². The molecule has 2 fully saturated rings. The van der Waals surface area contributed by atoms with Crippen LogP contribution in [0, 0.1) is 0 Å². The zero-order valence-electron chi connectivity index (χ0n) is 16.1. The molecule has 2 saturated heterocycles. The molecule has 1 aromatic carbocycles. The smallest absolute Gasteiger partial charge is 0.131 e. The van der Waals surface area contributed by atoms with Crippen LogP contribution < -0.4 is 19.3 Å². The molecule has 140 valence electrons. The molecule has 5 heteroatoms. The number of benzene rings is 1. The normalized spacial score (nSPS) is 33.0.